The van der Waals surface area contributed by atoms with Crippen LogP contribution in [0.3, 0.4) is 0 Å². The van der Waals surface area contributed by atoms with Crippen LogP contribution in [0.1, 0.15) is 45.4 Å². The molecule has 21 heavy (non-hydrogen) atoms. The molecule has 2 atom stereocenters. The summed E-state index contributed by atoms with van der Waals surface area (Å²) in [5.41, 5.74) is 2.55. The molecule has 0 radical (unpaired) electrons. The number of anilines is 3. The average Bonchev–Trinajstić information content (AvgIpc) is 2.93. The van der Waals surface area contributed by atoms with Crippen molar-refractivity contribution in [3.05, 3.63) is 0 Å². The number of hydrogen-bond donors (Lipinski definition) is 3. The summed E-state index contributed by atoms with van der Waals surface area (Å²) in [6.45, 7) is 4.29. The Morgan fingerprint density at radius 3 is 2.43 bits per heavy atom. The van der Waals surface area contributed by atoms with Crippen molar-refractivity contribution in [2.24, 2.45) is 11.8 Å². The molecule has 7 nitrogen and oxygen atoms in total. The van der Waals surface area contributed by atoms with Gasteiger partial charge in [0.05, 0.1) is 0 Å². The van der Waals surface area contributed by atoms with E-state index in [9.17, 15) is 0 Å². The predicted octanol–water partition coefficient (Wildman–Crippen LogP) is 1.75. The van der Waals surface area contributed by atoms with Crippen LogP contribution in [0.4, 0.5) is 17.8 Å². The highest BCUT2D eigenvalue weighted by Gasteiger charge is 2.24. The first-order valence-corrected chi connectivity index (χ1v) is 8.00. The van der Waals surface area contributed by atoms with Gasteiger partial charge in [-0.1, -0.05) is 13.3 Å². The normalized spacial score (nSPS) is 25.9. The van der Waals surface area contributed by atoms with Crippen LogP contribution in [-0.2, 0) is 0 Å². The molecule has 2 fully saturated rings. The Morgan fingerprint density at radius 2 is 1.76 bits per heavy atom. The SMILES string of the molecule is CC1CCCC1Nc1nc(NN)nc(N2CCCCC2)n1. The van der Waals surface area contributed by atoms with Crippen LogP contribution in [0.15, 0.2) is 0 Å². The fraction of sp³-hybridized carbons (Fsp3) is 0.786. The number of nitrogens with two attached hydrogens (primary N) is 1. The highest BCUT2D eigenvalue weighted by atomic mass is 15.4. The van der Waals surface area contributed by atoms with Gasteiger partial charge in [-0.25, -0.2) is 5.84 Å². The smallest absolute Gasteiger partial charge is 0.243 e. The van der Waals surface area contributed by atoms with Crippen molar-refractivity contribution in [2.75, 3.05) is 28.7 Å². The fourth-order valence-electron chi connectivity index (χ4n) is 3.25. The molecule has 116 valence electrons. The predicted molar refractivity (Wildman–Crippen MR) is 84.1 cm³/mol. The van der Waals surface area contributed by atoms with E-state index in [1.165, 1.54) is 38.5 Å². The molecule has 1 aliphatic carbocycles. The van der Waals surface area contributed by atoms with E-state index in [4.69, 9.17) is 5.84 Å². The van der Waals surface area contributed by atoms with Gasteiger partial charge >= 0.3 is 0 Å². The summed E-state index contributed by atoms with van der Waals surface area (Å²) < 4.78 is 0. The zero-order valence-electron chi connectivity index (χ0n) is 12.7. The van der Waals surface area contributed by atoms with Gasteiger partial charge in [0.15, 0.2) is 0 Å². The second-order valence-electron chi connectivity index (χ2n) is 6.13. The van der Waals surface area contributed by atoms with Gasteiger partial charge in [-0.3, -0.25) is 5.43 Å². The zero-order valence-corrected chi connectivity index (χ0v) is 12.7. The Morgan fingerprint density at radius 1 is 1.00 bits per heavy atom. The van der Waals surface area contributed by atoms with Gasteiger partial charge in [0.2, 0.25) is 17.8 Å². The third-order valence-electron chi connectivity index (χ3n) is 4.57. The molecule has 2 heterocycles. The summed E-state index contributed by atoms with van der Waals surface area (Å²) in [7, 11) is 0. The van der Waals surface area contributed by atoms with Gasteiger partial charge in [-0.2, -0.15) is 15.0 Å². The van der Waals surface area contributed by atoms with Crippen LogP contribution in [0.2, 0.25) is 0 Å². The van der Waals surface area contributed by atoms with E-state index in [0.29, 0.717) is 23.9 Å². The fourth-order valence-corrected chi connectivity index (χ4v) is 3.25. The molecule has 3 rings (SSSR count). The van der Waals surface area contributed by atoms with Gasteiger partial charge in [0.1, 0.15) is 0 Å². The van der Waals surface area contributed by atoms with E-state index >= 15 is 0 Å². The molecule has 0 amide bonds. The summed E-state index contributed by atoms with van der Waals surface area (Å²) >= 11 is 0. The van der Waals surface area contributed by atoms with E-state index in [0.717, 1.165) is 19.0 Å². The van der Waals surface area contributed by atoms with Crippen LogP contribution in [0, 0.1) is 5.92 Å². The molecule has 0 bridgehead atoms. The minimum atomic E-state index is 0.429. The minimum absolute atomic E-state index is 0.429. The lowest BCUT2D eigenvalue weighted by Gasteiger charge is -2.27. The number of nitrogens with one attached hydrogen (secondary N) is 2. The summed E-state index contributed by atoms with van der Waals surface area (Å²) in [6, 6.07) is 0.451. The Hall–Kier alpha value is -1.63. The number of rotatable bonds is 4. The maximum Gasteiger partial charge on any atom is 0.243 e. The van der Waals surface area contributed by atoms with Gasteiger partial charge < -0.3 is 10.2 Å². The zero-order chi connectivity index (χ0) is 14.7. The Balaban J connectivity index is 1.78. The Bertz CT molecular complexity index is 472. The van der Waals surface area contributed by atoms with Crippen LogP contribution < -0.4 is 21.5 Å². The summed E-state index contributed by atoms with van der Waals surface area (Å²) in [4.78, 5) is 15.6. The van der Waals surface area contributed by atoms with Gasteiger partial charge in [0.25, 0.3) is 0 Å². The molecule has 4 N–H and O–H groups in total. The third kappa shape index (κ3) is 3.34. The molecule has 1 saturated carbocycles. The molecular weight excluding hydrogens is 266 g/mol. The van der Waals surface area contributed by atoms with Gasteiger partial charge in [0, 0.05) is 19.1 Å². The maximum atomic E-state index is 5.50. The summed E-state index contributed by atoms with van der Waals surface area (Å²) in [5.74, 6) is 7.96. The Labute approximate surface area is 125 Å². The molecule has 7 heteroatoms. The summed E-state index contributed by atoms with van der Waals surface area (Å²) in [5, 5.41) is 3.46. The molecule has 1 aliphatic heterocycles. The molecular formula is C14H25N7. The maximum absolute atomic E-state index is 5.50. The first-order chi connectivity index (χ1) is 10.3. The first-order valence-electron chi connectivity index (χ1n) is 8.00. The number of hydrazine groups is 1. The summed E-state index contributed by atoms with van der Waals surface area (Å²) in [6.07, 6.45) is 7.39. The second kappa shape index (κ2) is 6.43. The van der Waals surface area contributed by atoms with E-state index in [1.54, 1.807) is 0 Å². The molecule has 1 saturated heterocycles. The molecule has 0 aromatic carbocycles. The van der Waals surface area contributed by atoms with Crippen LogP contribution in [0.25, 0.3) is 0 Å². The van der Waals surface area contributed by atoms with Crippen molar-refractivity contribution < 1.29 is 0 Å². The van der Waals surface area contributed by atoms with E-state index < -0.39 is 0 Å². The van der Waals surface area contributed by atoms with Crippen molar-refractivity contribution in [3.63, 3.8) is 0 Å². The molecule has 2 aliphatic rings. The molecule has 1 aromatic heterocycles. The third-order valence-corrected chi connectivity index (χ3v) is 4.57. The monoisotopic (exact) mass is 291 g/mol. The topological polar surface area (TPSA) is 92.0 Å². The Kier molecular flexibility index (Phi) is 4.38. The van der Waals surface area contributed by atoms with Crippen molar-refractivity contribution >= 4 is 17.8 Å². The quantitative estimate of drug-likeness (QED) is 0.575. The van der Waals surface area contributed by atoms with Crippen molar-refractivity contribution in [1.82, 2.24) is 15.0 Å². The average molecular weight is 291 g/mol. The highest BCUT2D eigenvalue weighted by molar-refractivity contribution is 5.44. The van der Waals surface area contributed by atoms with E-state index in [1.807, 2.05) is 0 Å². The van der Waals surface area contributed by atoms with Gasteiger partial charge in [-0.05, 0) is 38.0 Å². The standard InChI is InChI=1S/C14H25N7/c1-10-6-5-7-11(10)16-12-17-13(20-15)19-14(18-12)21-8-3-2-4-9-21/h10-11H,2-9,15H2,1H3,(H2,16,17,18,19,20). The van der Waals surface area contributed by atoms with Crippen molar-refractivity contribution in [3.8, 4) is 0 Å². The van der Waals surface area contributed by atoms with E-state index in [-0.39, 0.29) is 0 Å². The van der Waals surface area contributed by atoms with Crippen LogP contribution in [-0.4, -0.2) is 34.1 Å². The lowest BCUT2D eigenvalue weighted by molar-refractivity contribution is 0.550. The number of piperidine rings is 1. The minimum Gasteiger partial charge on any atom is -0.351 e. The van der Waals surface area contributed by atoms with Crippen LogP contribution >= 0.6 is 0 Å². The number of aromatic nitrogens is 3. The lowest BCUT2D eigenvalue weighted by atomic mass is 10.1. The largest absolute Gasteiger partial charge is 0.351 e. The number of hydrogen-bond acceptors (Lipinski definition) is 7. The molecule has 2 unspecified atom stereocenters. The number of nitrogens with zero attached hydrogens (tertiary/aromatic N) is 4. The van der Waals surface area contributed by atoms with Gasteiger partial charge in [-0.15, -0.1) is 0 Å². The van der Waals surface area contributed by atoms with Crippen molar-refractivity contribution in [2.45, 2.75) is 51.5 Å². The second-order valence-corrected chi connectivity index (χ2v) is 6.13. The number of nitrogen functional groups attached to an aromatic ring is 1. The molecule has 0 spiro atoms. The van der Waals surface area contributed by atoms with Crippen LogP contribution in [0.5, 0.6) is 0 Å². The van der Waals surface area contributed by atoms with E-state index in [2.05, 4.69) is 37.5 Å². The highest BCUT2D eigenvalue weighted by Crippen LogP contribution is 2.27. The molecule has 1 aromatic rings. The first kappa shape index (κ1) is 14.3. The van der Waals surface area contributed by atoms with Crippen molar-refractivity contribution in [1.29, 1.82) is 0 Å². The lowest BCUT2D eigenvalue weighted by Crippen LogP contribution is -2.32.